The normalized spacial score (nSPS) is 14.1. The second kappa shape index (κ2) is 8.47. The predicted octanol–water partition coefficient (Wildman–Crippen LogP) is 4.45. The summed E-state index contributed by atoms with van der Waals surface area (Å²) >= 11 is 5.59. The Hall–Kier alpha value is -2.51. The van der Waals surface area contributed by atoms with Crippen molar-refractivity contribution in [3.05, 3.63) is 64.7 Å². The van der Waals surface area contributed by atoms with Gasteiger partial charge in [0.25, 0.3) is 0 Å². The van der Waals surface area contributed by atoms with Crippen molar-refractivity contribution in [3.8, 4) is 11.4 Å². The highest BCUT2D eigenvalue weighted by atomic mass is 32.1. The minimum atomic E-state index is -0.258. The van der Waals surface area contributed by atoms with Gasteiger partial charge >= 0.3 is 0 Å². The largest absolute Gasteiger partial charge is 0.371 e. The molecule has 5 nitrogen and oxygen atoms in total. The Balaban J connectivity index is 1.52. The second-order valence-electron chi connectivity index (χ2n) is 7.65. The number of hydrogen-bond acceptors (Lipinski definition) is 4. The SMILES string of the molecule is CN(Cc1ccccc1N1CCCC1)Cn1nc(-c2ccc(F)cc2)n(C)c1=S. The summed E-state index contributed by atoms with van der Waals surface area (Å²) in [7, 11) is 3.97. The molecule has 2 heterocycles. The number of benzene rings is 2. The summed E-state index contributed by atoms with van der Waals surface area (Å²) in [4.78, 5) is 4.69. The van der Waals surface area contributed by atoms with E-state index < -0.39 is 0 Å². The van der Waals surface area contributed by atoms with Gasteiger partial charge in [-0.2, -0.15) is 5.10 Å². The van der Waals surface area contributed by atoms with E-state index in [1.165, 1.54) is 36.2 Å². The van der Waals surface area contributed by atoms with Crippen LogP contribution < -0.4 is 4.90 Å². The van der Waals surface area contributed by atoms with Crippen molar-refractivity contribution in [1.82, 2.24) is 19.2 Å². The number of para-hydroxylation sites is 1. The third kappa shape index (κ3) is 4.26. The van der Waals surface area contributed by atoms with Crippen molar-refractivity contribution in [1.29, 1.82) is 0 Å². The lowest BCUT2D eigenvalue weighted by molar-refractivity contribution is 0.244. The number of nitrogens with zero attached hydrogens (tertiary/aromatic N) is 5. The maximum atomic E-state index is 13.2. The minimum Gasteiger partial charge on any atom is -0.371 e. The van der Waals surface area contributed by atoms with E-state index in [1.54, 1.807) is 12.1 Å². The van der Waals surface area contributed by atoms with Crippen LogP contribution >= 0.6 is 12.2 Å². The molecule has 0 aliphatic carbocycles. The average Bonchev–Trinajstić information content (AvgIpc) is 3.34. The third-order valence-electron chi connectivity index (χ3n) is 5.40. The smallest absolute Gasteiger partial charge is 0.199 e. The third-order valence-corrected chi connectivity index (χ3v) is 5.88. The molecule has 3 aromatic rings. The summed E-state index contributed by atoms with van der Waals surface area (Å²) in [6, 6.07) is 15.0. The zero-order valence-corrected chi connectivity index (χ0v) is 17.7. The number of halogens is 1. The summed E-state index contributed by atoms with van der Waals surface area (Å²) in [5.74, 6) is 0.478. The summed E-state index contributed by atoms with van der Waals surface area (Å²) < 4.78 is 17.6. The van der Waals surface area contributed by atoms with Crippen LogP contribution in [-0.2, 0) is 20.3 Å². The Bertz CT molecular complexity index is 1030. The van der Waals surface area contributed by atoms with Crippen molar-refractivity contribution >= 4 is 17.9 Å². The maximum Gasteiger partial charge on any atom is 0.199 e. The molecule has 0 radical (unpaired) electrons. The molecule has 1 fully saturated rings. The lowest BCUT2D eigenvalue weighted by Crippen LogP contribution is -2.25. The van der Waals surface area contributed by atoms with E-state index in [-0.39, 0.29) is 5.82 Å². The fourth-order valence-electron chi connectivity index (χ4n) is 3.91. The van der Waals surface area contributed by atoms with Gasteiger partial charge in [0.1, 0.15) is 5.82 Å². The lowest BCUT2D eigenvalue weighted by Gasteiger charge is -2.24. The van der Waals surface area contributed by atoms with E-state index in [2.05, 4.69) is 41.1 Å². The van der Waals surface area contributed by atoms with E-state index in [0.29, 0.717) is 11.4 Å². The van der Waals surface area contributed by atoms with Crippen LogP contribution in [-0.4, -0.2) is 39.4 Å². The van der Waals surface area contributed by atoms with Gasteiger partial charge in [-0.05, 0) is 68.0 Å². The Labute approximate surface area is 176 Å². The monoisotopic (exact) mass is 411 g/mol. The summed E-state index contributed by atoms with van der Waals surface area (Å²) in [6.45, 7) is 3.67. The molecule has 1 saturated heterocycles. The van der Waals surface area contributed by atoms with Crippen LogP contribution in [0.25, 0.3) is 11.4 Å². The quantitative estimate of drug-likeness (QED) is 0.561. The van der Waals surface area contributed by atoms with Gasteiger partial charge in [0.2, 0.25) is 0 Å². The molecule has 0 amide bonds. The number of hydrogen-bond donors (Lipinski definition) is 0. The van der Waals surface area contributed by atoms with Gasteiger partial charge in [-0.15, -0.1) is 0 Å². The molecule has 0 unspecified atom stereocenters. The van der Waals surface area contributed by atoms with Gasteiger partial charge in [0.05, 0.1) is 6.67 Å². The molecular weight excluding hydrogens is 385 g/mol. The number of aromatic nitrogens is 3. The molecule has 4 rings (SSSR count). The van der Waals surface area contributed by atoms with Crippen LogP contribution in [0, 0.1) is 10.6 Å². The van der Waals surface area contributed by atoms with Crippen molar-refractivity contribution in [3.63, 3.8) is 0 Å². The molecule has 152 valence electrons. The molecule has 1 aliphatic rings. The van der Waals surface area contributed by atoms with Crippen LogP contribution in [0.15, 0.2) is 48.5 Å². The van der Waals surface area contributed by atoms with E-state index in [4.69, 9.17) is 17.3 Å². The lowest BCUT2D eigenvalue weighted by atomic mass is 10.1. The highest BCUT2D eigenvalue weighted by Gasteiger charge is 2.17. The van der Waals surface area contributed by atoms with Gasteiger partial charge in [0, 0.05) is 37.9 Å². The summed E-state index contributed by atoms with van der Waals surface area (Å²) in [6.07, 6.45) is 2.53. The van der Waals surface area contributed by atoms with Gasteiger partial charge in [-0.3, -0.25) is 4.90 Å². The van der Waals surface area contributed by atoms with E-state index in [1.807, 2.05) is 16.3 Å². The van der Waals surface area contributed by atoms with Gasteiger partial charge < -0.3 is 9.47 Å². The molecule has 2 aromatic carbocycles. The average molecular weight is 412 g/mol. The predicted molar refractivity (Wildman–Crippen MR) is 117 cm³/mol. The van der Waals surface area contributed by atoms with Crippen molar-refractivity contribution in [2.24, 2.45) is 7.05 Å². The summed E-state index contributed by atoms with van der Waals surface area (Å²) in [5.41, 5.74) is 3.49. The highest BCUT2D eigenvalue weighted by Crippen LogP contribution is 2.25. The van der Waals surface area contributed by atoms with Gasteiger partial charge in [-0.1, -0.05) is 18.2 Å². The summed E-state index contributed by atoms with van der Waals surface area (Å²) in [5, 5.41) is 4.69. The Morgan fingerprint density at radius 1 is 1.07 bits per heavy atom. The highest BCUT2D eigenvalue weighted by molar-refractivity contribution is 7.71. The Morgan fingerprint density at radius 3 is 2.48 bits per heavy atom. The van der Waals surface area contributed by atoms with Crippen LogP contribution in [0.4, 0.5) is 10.1 Å². The first kappa shape index (κ1) is 19.8. The zero-order chi connectivity index (χ0) is 20.4. The standard InChI is InChI=1S/C22H26FN5S/c1-25(15-18-7-3-4-8-20(18)27-13-5-6-14-27)16-28-22(29)26(2)21(24-28)17-9-11-19(23)12-10-17/h3-4,7-12H,5-6,13-16H2,1-2H3. The molecule has 0 bridgehead atoms. The fraction of sp³-hybridized carbons (Fsp3) is 0.364. The molecule has 29 heavy (non-hydrogen) atoms. The molecule has 0 saturated carbocycles. The minimum absolute atomic E-state index is 0.258. The van der Waals surface area contributed by atoms with Crippen LogP contribution in [0.5, 0.6) is 0 Å². The van der Waals surface area contributed by atoms with Gasteiger partial charge in [-0.25, -0.2) is 9.07 Å². The molecule has 1 aromatic heterocycles. The molecular formula is C22H26FN5S. The first-order chi connectivity index (χ1) is 14.0. The molecule has 0 N–H and O–H groups in total. The fourth-order valence-corrected chi connectivity index (χ4v) is 4.10. The van der Waals surface area contributed by atoms with Crippen LogP contribution in [0.3, 0.4) is 0 Å². The van der Waals surface area contributed by atoms with Crippen LogP contribution in [0.2, 0.25) is 0 Å². The second-order valence-corrected chi connectivity index (χ2v) is 8.02. The molecule has 0 spiro atoms. The first-order valence-electron chi connectivity index (χ1n) is 9.94. The van der Waals surface area contributed by atoms with Crippen LogP contribution in [0.1, 0.15) is 18.4 Å². The molecule has 7 heteroatoms. The van der Waals surface area contributed by atoms with Gasteiger partial charge in [0.15, 0.2) is 10.6 Å². The molecule has 1 aliphatic heterocycles. The zero-order valence-electron chi connectivity index (χ0n) is 16.9. The molecule has 0 atom stereocenters. The number of anilines is 1. The Morgan fingerprint density at radius 2 is 1.76 bits per heavy atom. The number of rotatable bonds is 6. The van der Waals surface area contributed by atoms with Crippen molar-refractivity contribution < 1.29 is 4.39 Å². The van der Waals surface area contributed by atoms with E-state index in [0.717, 1.165) is 31.0 Å². The first-order valence-corrected chi connectivity index (χ1v) is 10.3. The maximum absolute atomic E-state index is 13.2. The van der Waals surface area contributed by atoms with Crippen molar-refractivity contribution in [2.75, 3.05) is 25.0 Å². The van der Waals surface area contributed by atoms with E-state index in [9.17, 15) is 4.39 Å². The Kier molecular flexibility index (Phi) is 5.78. The topological polar surface area (TPSA) is 29.2 Å². The van der Waals surface area contributed by atoms with Crippen molar-refractivity contribution in [2.45, 2.75) is 26.1 Å². The van der Waals surface area contributed by atoms with E-state index >= 15 is 0 Å².